The maximum atomic E-state index is 12.3. The van der Waals surface area contributed by atoms with Crippen molar-refractivity contribution in [1.29, 1.82) is 0 Å². The third kappa shape index (κ3) is 2.76. The number of benzene rings is 1. The van der Waals surface area contributed by atoms with Crippen LogP contribution >= 0.6 is 34.5 Å². The van der Waals surface area contributed by atoms with Crippen LogP contribution in [0.4, 0.5) is 0 Å². The fourth-order valence-electron chi connectivity index (χ4n) is 2.41. The normalized spacial score (nSPS) is 12.2. The number of H-pyrrole nitrogens is 1. The van der Waals surface area contributed by atoms with Crippen molar-refractivity contribution in [1.82, 2.24) is 9.29 Å². The SMILES string of the molecule is CN(C)S(=O)(=O)c1ccc2[nH]c(-c3cc(Cl)sc3Cl)c(C=O)c2c1. The number of carbonyl (C=O) groups is 1. The molecule has 9 heteroatoms. The Balaban J connectivity index is 2.29. The summed E-state index contributed by atoms with van der Waals surface area (Å²) in [4.78, 5) is 14.9. The smallest absolute Gasteiger partial charge is 0.242 e. The Morgan fingerprint density at radius 2 is 1.92 bits per heavy atom. The number of halogens is 2. The van der Waals surface area contributed by atoms with Crippen LogP contribution in [0, 0.1) is 0 Å². The highest BCUT2D eigenvalue weighted by atomic mass is 35.5. The second-order valence-electron chi connectivity index (χ2n) is 5.26. The van der Waals surface area contributed by atoms with Gasteiger partial charge < -0.3 is 4.98 Å². The third-order valence-corrected chi connectivity index (χ3v) is 6.93. The van der Waals surface area contributed by atoms with Crippen LogP contribution in [0.15, 0.2) is 29.2 Å². The van der Waals surface area contributed by atoms with Gasteiger partial charge >= 0.3 is 0 Å². The molecule has 0 saturated carbocycles. The molecule has 2 heterocycles. The zero-order valence-electron chi connectivity index (χ0n) is 12.6. The molecule has 3 aromatic rings. The maximum Gasteiger partial charge on any atom is 0.242 e. The number of hydrogen-bond acceptors (Lipinski definition) is 4. The van der Waals surface area contributed by atoms with Crippen LogP contribution in [0.25, 0.3) is 22.2 Å². The summed E-state index contributed by atoms with van der Waals surface area (Å²) in [6.07, 6.45) is 0.683. The molecule has 0 aliphatic carbocycles. The van der Waals surface area contributed by atoms with E-state index in [1.807, 2.05) is 0 Å². The van der Waals surface area contributed by atoms with Gasteiger partial charge in [-0.15, -0.1) is 11.3 Å². The summed E-state index contributed by atoms with van der Waals surface area (Å²) in [5, 5.41) is 0.515. The minimum absolute atomic E-state index is 0.114. The predicted octanol–water partition coefficient (Wildman–Crippen LogP) is 4.27. The summed E-state index contributed by atoms with van der Waals surface area (Å²) in [7, 11) is -0.686. The molecule has 126 valence electrons. The van der Waals surface area contributed by atoms with Crippen LogP contribution in [-0.4, -0.2) is 38.1 Å². The van der Waals surface area contributed by atoms with Gasteiger partial charge in [-0.3, -0.25) is 4.79 Å². The van der Waals surface area contributed by atoms with Crippen LogP contribution in [0.3, 0.4) is 0 Å². The summed E-state index contributed by atoms with van der Waals surface area (Å²) in [5.41, 5.74) is 2.12. The van der Waals surface area contributed by atoms with Gasteiger partial charge in [-0.05, 0) is 24.3 Å². The largest absolute Gasteiger partial charge is 0.354 e. The van der Waals surface area contributed by atoms with Crippen molar-refractivity contribution >= 4 is 61.8 Å². The van der Waals surface area contributed by atoms with Crippen LogP contribution in [0.5, 0.6) is 0 Å². The zero-order valence-corrected chi connectivity index (χ0v) is 15.8. The molecule has 0 unspecified atom stereocenters. The number of nitrogens with one attached hydrogen (secondary N) is 1. The Morgan fingerprint density at radius 1 is 1.21 bits per heavy atom. The molecule has 0 bridgehead atoms. The predicted molar refractivity (Wildman–Crippen MR) is 97.9 cm³/mol. The highest BCUT2D eigenvalue weighted by molar-refractivity contribution is 7.89. The van der Waals surface area contributed by atoms with Crippen molar-refractivity contribution in [3.05, 3.63) is 38.5 Å². The van der Waals surface area contributed by atoms with E-state index >= 15 is 0 Å². The monoisotopic (exact) mass is 402 g/mol. The molecule has 0 fully saturated rings. The van der Waals surface area contributed by atoms with E-state index in [1.165, 1.54) is 37.6 Å². The molecule has 0 radical (unpaired) electrons. The van der Waals surface area contributed by atoms with Gasteiger partial charge in [-0.1, -0.05) is 23.2 Å². The van der Waals surface area contributed by atoms with Crippen molar-refractivity contribution in [2.45, 2.75) is 4.90 Å². The number of aromatic amines is 1. The van der Waals surface area contributed by atoms with Gasteiger partial charge in [0.1, 0.15) is 4.34 Å². The molecule has 0 aliphatic rings. The van der Waals surface area contributed by atoms with E-state index < -0.39 is 10.0 Å². The van der Waals surface area contributed by atoms with Crippen LogP contribution < -0.4 is 0 Å². The first kappa shape index (κ1) is 17.4. The van der Waals surface area contributed by atoms with Gasteiger partial charge in [0.2, 0.25) is 10.0 Å². The van der Waals surface area contributed by atoms with Gasteiger partial charge in [0.25, 0.3) is 0 Å². The molecule has 0 saturated heterocycles. The molecular formula is C15H12Cl2N2O3S2. The van der Waals surface area contributed by atoms with E-state index in [9.17, 15) is 13.2 Å². The topological polar surface area (TPSA) is 70.2 Å². The maximum absolute atomic E-state index is 12.3. The Kier molecular flexibility index (Phi) is 4.48. The number of rotatable bonds is 4. The molecule has 0 aliphatic heterocycles. The molecular weight excluding hydrogens is 391 g/mol. The summed E-state index contributed by atoms with van der Waals surface area (Å²) < 4.78 is 26.7. The van der Waals surface area contributed by atoms with Crippen molar-refractivity contribution in [2.24, 2.45) is 0 Å². The molecule has 0 amide bonds. The lowest BCUT2D eigenvalue weighted by Crippen LogP contribution is -2.22. The number of carbonyl (C=O) groups excluding carboxylic acids is 1. The second kappa shape index (κ2) is 6.16. The molecule has 2 aromatic heterocycles. The number of sulfonamides is 1. The molecule has 3 rings (SSSR count). The van der Waals surface area contributed by atoms with E-state index in [0.29, 0.717) is 42.7 Å². The van der Waals surface area contributed by atoms with E-state index in [4.69, 9.17) is 23.2 Å². The zero-order chi connectivity index (χ0) is 17.6. The van der Waals surface area contributed by atoms with Crippen molar-refractivity contribution in [2.75, 3.05) is 14.1 Å². The summed E-state index contributed by atoms with van der Waals surface area (Å²) in [6.45, 7) is 0. The lowest BCUT2D eigenvalue weighted by molar-refractivity contribution is 0.112. The lowest BCUT2D eigenvalue weighted by Gasteiger charge is -2.11. The van der Waals surface area contributed by atoms with Gasteiger partial charge in [-0.2, -0.15) is 0 Å². The first-order chi connectivity index (χ1) is 11.3. The van der Waals surface area contributed by atoms with Gasteiger partial charge in [0.15, 0.2) is 6.29 Å². The Bertz CT molecular complexity index is 1050. The first-order valence-electron chi connectivity index (χ1n) is 6.74. The van der Waals surface area contributed by atoms with E-state index in [2.05, 4.69) is 4.98 Å². The average Bonchev–Trinajstić information content (AvgIpc) is 3.05. The van der Waals surface area contributed by atoms with Gasteiger partial charge in [0, 0.05) is 36.1 Å². The number of nitrogens with zero attached hydrogens (tertiary/aromatic N) is 1. The van der Waals surface area contributed by atoms with E-state index in [0.717, 1.165) is 4.31 Å². The van der Waals surface area contributed by atoms with Crippen LogP contribution in [0.1, 0.15) is 10.4 Å². The third-order valence-electron chi connectivity index (χ3n) is 3.63. The number of thiophene rings is 1. The average molecular weight is 403 g/mol. The second-order valence-corrected chi connectivity index (χ2v) is 9.70. The summed E-state index contributed by atoms with van der Waals surface area (Å²) >= 11 is 13.4. The van der Waals surface area contributed by atoms with Crippen LogP contribution in [-0.2, 0) is 10.0 Å². The first-order valence-corrected chi connectivity index (χ1v) is 9.75. The molecule has 5 nitrogen and oxygen atoms in total. The van der Waals surface area contributed by atoms with Gasteiger partial charge in [-0.25, -0.2) is 12.7 Å². The quantitative estimate of drug-likeness (QED) is 0.662. The summed E-state index contributed by atoms with van der Waals surface area (Å²) in [6, 6.07) is 6.28. The fourth-order valence-corrected chi connectivity index (χ4v) is 4.81. The molecule has 24 heavy (non-hydrogen) atoms. The molecule has 0 spiro atoms. The summed E-state index contributed by atoms with van der Waals surface area (Å²) in [5.74, 6) is 0. The van der Waals surface area contributed by atoms with Crippen molar-refractivity contribution in [3.8, 4) is 11.3 Å². The molecule has 0 atom stereocenters. The van der Waals surface area contributed by atoms with Crippen LogP contribution in [0.2, 0.25) is 8.67 Å². The fraction of sp³-hybridized carbons (Fsp3) is 0.133. The van der Waals surface area contributed by atoms with Gasteiger partial charge in [0.05, 0.1) is 14.9 Å². The number of aromatic nitrogens is 1. The molecule has 1 N–H and O–H groups in total. The highest BCUT2D eigenvalue weighted by Gasteiger charge is 2.21. The number of fused-ring (bicyclic) bond motifs is 1. The Morgan fingerprint density at radius 3 is 2.46 bits per heavy atom. The minimum atomic E-state index is -3.59. The van der Waals surface area contributed by atoms with Crippen molar-refractivity contribution in [3.63, 3.8) is 0 Å². The Hall–Kier alpha value is -1.38. The molecule has 1 aromatic carbocycles. The van der Waals surface area contributed by atoms with E-state index in [1.54, 1.807) is 12.1 Å². The van der Waals surface area contributed by atoms with Crippen molar-refractivity contribution < 1.29 is 13.2 Å². The lowest BCUT2D eigenvalue weighted by atomic mass is 10.1. The standard InChI is InChI=1S/C15H12Cl2N2O3S2/c1-19(2)24(21,22)8-3-4-12-9(5-8)11(7-20)14(18-12)10-6-13(16)23-15(10)17/h3-7,18H,1-2H3. The highest BCUT2D eigenvalue weighted by Crippen LogP contribution is 2.40. The minimum Gasteiger partial charge on any atom is -0.354 e. The van der Waals surface area contributed by atoms with E-state index in [-0.39, 0.29) is 4.90 Å². The number of hydrogen-bond donors (Lipinski definition) is 1. The Labute approximate surface area is 152 Å². The number of aldehydes is 1.